The molecular formula is C16H19N5O3. The van der Waals surface area contributed by atoms with E-state index in [1.807, 2.05) is 24.3 Å². The summed E-state index contributed by atoms with van der Waals surface area (Å²) >= 11 is 0. The Labute approximate surface area is 139 Å². The van der Waals surface area contributed by atoms with Crippen LogP contribution in [0.2, 0.25) is 0 Å². The maximum atomic E-state index is 12.3. The normalized spacial score (nSPS) is 14.8. The van der Waals surface area contributed by atoms with E-state index >= 15 is 0 Å². The van der Waals surface area contributed by atoms with E-state index in [4.69, 9.17) is 4.74 Å². The Morgan fingerprint density at radius 3 is 2.92 bits per heavy atom. The van der Waals surface area contributed by atoms with Crippen molar-refractivity contribution in [3.05, 3.63) is 42.2 Å². The van der Waals surface area contributed by atoms with Crippen LogP contribution >= 0.6 is 0 Å². The number of benzene rings is 1. The fourth-order valence-corrected chi connectivity index (χ4v) is 2.64. The van der Waals surface area contributed by atoms with Gasteiger partial charge in [0.1, 0.15) is 12.3 Å². The average molecular weight is 329 g/mol. The Morgan fingerprint density at radius 2 is 2.21 bits per heavy atom. The van der Waals surface area contributed by atoms with Crippen molar-refractivity contribution in [2.45, 2.75) is 13.1 Å². The van der Waals surface area contributed by atoms with Crippen LogP contribution in [0.4, 0.5) is 0 Å². The standard InChI is InChI=1S/C16H19N5O3/c1-24-14-4-2-3-13(9-14)10-19-7-8-20(11-15(19)22)16(23)12-21-6-5-17-18-21/h2-6,9H,7-8,10-12H2,1H3. The summed E-state index contributed by atoms with van der Waals surface area (Å²) in [5.74, 6) is 0.576. The molecule has 2 aromatic rings. The van der Waals surface area contributed by atoms with Crippen molar-refractivity contribution in [2.24, 2.45) is 0 Å². The molecule has 0 saturated carbocycles. The summed E-state index contributed by atoms with van der Waals surface area (Å²) in [4.78, 5) is 27.9. The Hall–Kier alpha value is -2.90. The third-order valence-electron chi connectivity index (χ3n) is 3.95. The molecule has 1 aromatic heterocycles. The van der Waals surface area contributed by atoms with E-state index in [0.29, 0.717) is 19.6 Å². The lowest BCUT2D eigenvalue weighted by Gasteiger charge is -2.34. The van der Waals surface area contributed by atoms with Crippen LogP contribution in [0, 0.1) is 0 Å². The van der Waals surface area contributed by atoms with Crippen molar-refractivity contribution in [1.82, 2.24) is 24.8 Å². The summed E-state index contributed by atoms with van der Waals surface area (Å²) in [6, 6.07) is 7.64. The fourth-order valence-electron chi connectivity index (χ4n) is 2.64. The number of aromatic nitrogens is 3. The molecule has 0 spiro atoms. The maximum Gasteiger partial charge on any atom is 0.244 e. The zero-order valence-corrected chi connectivity index (χ0v) is 13.5. The van der Waals surface area contributed by atoms with Crippen LogP contribution in [0.3, 0.4) is 0 Å². The monoisotopic (exact) mass is 329 g/mol. The molecule has 1 aromatic carbocycles. The second kappa shape index (κ2) is 7.12. The highest BCUT2D eigenvalue weighted by molar-refractivity contribution is 5.85. The zero-order chi connectivity index (χ0) is 16.9. The van der Waals surface area contributed by atoms with Crippen LogP contribution in [0.15, 0.2) is 36.7 Å². The summed E-state index contributed by atoms with van der Waals surface area (Å²) in [6.07, 6.45) is 3.14. The highest BCUT2D eigenvalue weighted by Crippen LogP contribution is 2.16. The third-order valence-corrected chi connectivity index (χ3v) is 3.95. The molecule has 2 amide bonds. The molecule has 1 aliphatic heterocycles. The van der Waals surface area contributed by atoms with E-state index in [0.717, 1.165) is 11.3 Å². The van der Waals surface area contributed by atoms with Crippen molar-refractivity contribution in [3.63, 3.8) is 0 Å². The fraction of sp³-hybridized carbons (Fsp3) is 0.375. The number of rotatable bonds is 5. The van der Waals surface area contributed by atoms with Crippen LogP contribution < -0.4 is 4.74 Å². The molecule has 8 nitrogen and oxygen atoms in total. The minimum atomic E-state index is -0.130. The first-order valence-electron chi connectivity index (χ1n) is 7.68. The predicted molar refractivity (Wildman–Crippen MR) is 85.0 cm³/mol. The van der Waals surface area contributed by atoms with Crippen LogP contribution in [0.5, 0.6) is 5.75 Å². The molecule has 1 fully saturated rings. The first kappa shape index (κ1) is 16.0. The molecule has 3 rings (SSSR count). The first-order valence-corrected chi connectivity index (χ1v) is 7.68. The molecule has 2 heterocycles. The van der Waals surface area contributed by atoms with E-state index in [1.54, 1.807) is 23.1 Å². The average Bonchev–Trinajstić information content (AvgIpc) is 3.10. The van der Waals surface area contributed by atoms with Gasteiger partial charge < -0.3 is 14.5 Å². The lowest BCUT2D eigenvalue weighted by Crippen LogP contribution is -2.52. The molecular weight excluding hydrogens is 310 g/mol. The van der Waals surface area contributed by atoms with Gasteiger partial charge in [0.25, 0.3) is 0 Å². The lowest BCUT2D eigenvalue weighted by molar-refractivity contribution is -0.146. The van der Waals surface area contributed by atoms with E-state index < -0.39 is 0 Å². The van der Waals surface area contributed by atoms with E-state index in [-0.39, 0.29) is 24.9 Å². The number of carbonyl (C=O) groups excluding carboxylic acids is 2. The quantitative estimate of drug-likeness (QED) is 0.780. The number of piperazine rings is 1. The van der Waals surface area contributed by atoms with Gasteiger partial charge in [-0.05, 0) is 17.7 Å². The molecule has 0 N–H and O–H groups in total. The van der Waals surface area contributed by atoms with Gasteiger partial charge in [0.15, 0.2) is 0 Å². The van der Waals surface area contributed by atoms with Crippen LogP contribution in [0.1, 0.15) is 5.56 Å². The molecule has 0 aliphatic carbocycles. The van der Waals surface area contributed by atoms with Crippen molar-refractivity contribution in [2.75, 3.05) is 26.7 Å². The molecule has 1 aliphatic rings. The van der Waals surface area contributed by atoms with Gasteiger partial charge in [0, 0.05) is 25.8 Å². The summed E-state index contributed by atoms with van der Waals surface area (Å²) in [5, 5.41) is 7.43. The van der Waals surface area contributed by atoms with Crippen molar-refractivity contribution < 1.29 is 14.3 Å². The number of amides is 2. The Balaban J connectivity index is 1.56. The highest BCUT2D eigenvalue weighted by Gasteiger charge is 2.27. The van der Waals surface area contributed by atoms with Crippen molar-refractivity contribution in [3.8, 4) is 5.75 Å². The maximum absolute atomic E-state index is 12.3. The second-order valence-electron chi connectivity index (χ2n) is 5.58. The summed E-state index contributed by atoms with van der Waals surface area (Å²) in [6.45, 7) is 1.74. The number of carbonyl (C=O) groups is 2. The van der Waals surface area contributed by atoms with Crippen LogP contribution in [-0.2, 0) is 22.7 Å². The summed E-state index contributed by atoms with van der Waals surface area (Å²) in [7, 11) is 1.61. The van der Waals surface area contributed by atoms with E-state index in [9.17, 15) is 9.59 Å². The predicted octanol–water partition coefficient (Wildman–Crippen LogP) is 0.158. The minimum Gasteiger partial charge on any atom is -0.497 e. The van der Waals surface area contributed by atoms with Gasteiger partial charge in [-0.15, -0.1) is 5.10 Å². The molecule has 0 radical (unpaired) electrons. The van der Waals surface area contributed by atoms with E-state index in [2.05, 4.69) is 10.3 Å². The highest BCUT2D eigenvalue weighted by atomic mass is 16.5. The number of methoxy groups -OCH3 is 1. The molecule has 1 saturated heterocycles. The largest absolute Gasteiger partial charge is 0.497 e. The van der Waals surface area contributed by atoms with Gasteiger partial charge >= 0.3 is 0 Å². The SMILES string of the molecule is COc1cccc(CN2CCN(C(=O)Cn3ccnn3)CC2=O)c1. The van der Waals surface area contributed by atoms with Crippen molar-refractivity contribution >= 4 is 11.8 Å². The molecule has 126 valence electrons. The lowest BCUT2D eigenvalue weighted by atomic mass is 10.2. The van der Waals surface area contributed by atoms with Crippen LogP contribution in [-0.4, -0.2) is 63.4 Å². The van der Waals surface area contributed by atoms with Gasteiger partial charge in [0.05, 0.1) is 19.9 Å². The Bertz CT molecular complexity index is 716. The van der Waals surface area contributed by atoms with Gasteiger partial charge in [0.2, 0.25) is 11.8 Å². The molecule has 0 atom stereocenters. The minimum absolute atomic E-state index is 0.0592. The van der Waals surface area contributed by atoms with Gasteiger partial charge in [-0.1, -0.05) is 17.3 Å². The smallest absolute Gasteiger partial charge is 0.244 e. The second-order valence-corrected chi connectivity index (χ2v) is 5.58. The zero-order valence-electron chi connectivity index (χ0n) is 13.5. The van der Waals surface area contributed by atoms with Gasteiger partial charge in [-0.2, -0.15) is 0 Å². The Morgan fingerprint density at radius 1 is 1.33 bits per heavy atom. The molecule has 8 heteroatoms. The van der Waals surface area contributed by atoms with E-state index in [1.165, 1.54) is 10.9 Å². The van der Waals surface area contributed by atoms with Gasteiger partial charge in [-0.25, -0.2) is 4.68 Å². The summed E-state index contributed by atoms with van der Waals surface area (Å²) in [5.41, 5.74) is 1.00. The number of ether oxygens (including phenoxy) is 1. The number of nitrogens with zero attached hydrogens (tertiary/aromatic N) is 5. The van der Waals surface area contributed by atoms with Gasteiger partial charge in [-0.3, -0.25) is 9.59 Å². The summed E-state index contributed by atoms with van der Waals surface area (Å²) < 4.78 is 6.65. The third kappa shape index (κ3) is 3.70. The Kier molecular flexibility index (Phi) is 4.74. The molecule has 0 bridgehead atoms. The first-order chi connectivity index (χ1) is 11.7. The molecule has 0 unspecified atom stereocenters. The van der Waals surface area contributed by atoms with Crippen LogP contribution in [0.25, 0.3) is 0 Å². The molecule has 24 heavy (non-hydrogen) atoms. The number of hydrogen-bond acceptors (Lipinski definition) is 5. The topological polar surface area (TPSA) is 80.6 Å². The van der Waals surface area contributed by atoms with Crippen molar-refractivity contribution in [1.29, 1.82) is 0 Å². The number of hydrogen-bond donors (Lipinski definition) is 0.